The maximum atomic E-state index is 11.6. The molecule has 126 valence electrons. The lowest BCUT2D eigenvalue weighted by Crippen LogP contribution is -2.13. The third-order valence-corrected chi connectivity index (χ3v) is 3.54. The fourth-order valence-corrected chi connectivity index (χ4v) is 2.01. The first-order chi connectivity index (χ1) is 11.5. The highest BCUT2D eigenvalue weighted by atomic mass is 35.5. The van der Waals surface area contributed by atoms with Crippen LogP contribution in [0.15, 0.2) is 42.6 Å². The minimum atomic E-state index is -0.355. The molecule has 0 aliphatic heterocycles. The van der Waals surface area contributed by atoms with Gasteiger partial charge in [0, 0.05) is 6.92 Å². The molecule has 0 unspecified atom stereocenters. The molecule has 0 bridgehead atoms. The van der Waals surface area contributed by atoms with Crippen molar-refractivity contribution >= 4 is 23.5 Å². The molecule has 0 aliphatic carbocycles. The van der Waals surface area contributed by atoms with Crippen molar-refractivity contribution in [1.82, 2.24) is 4.98 Å². The number of benzene rings is 1. The topological polar surface area (TPSA) is 71.7 Å². The second kappa shape index (κ2) is 8.31. The van der Waals surface area contributed by atoms with Crippen molar-refractivity contribution in [2.24, 2.45) is 0 Å². The Kier molecular flexibility index (Phi) is 6.14. The summed E-state index contributed by atoms with van der Waals surface area (Å²) in [5, 5.41) is 9.24. The number of ether oxygens (including phenoxy) is 1. The fraction of sp³-hybridized carbons (Fsp3) is 0.235. The molecule has 1 N–H and O–H groups in total. The summed E-state index contributed by atoms with van der Waals surface area (Å²) in [4.78, 5) is 21.1. The number of pyridine rings is 1. The molecule has 0 aliphatic rings. The Balaban J connectivity index is 2.00. The monoisotopic (exact) mass is 349 g/mol. The zero-order valence-corrected chi connectivity index (χ0v) is 14.2. The fourth-order valence-electron chi connectivity index (χ4n) is 1.87. The Bertz CT molecular complexity index is 727. The zero-order valence-electron chi connectivity index (χ0n) is 13.4. The second-order valence-electron chi connectivity index (χ2n) is 4.92. The maximum Gasteiger partial charge on any atom is 0.338 e. The van der Waals surface area contributed by atoms with E-state index in [1.807, 2.05) is 0 Å². The number of nitrogens with zero attached hydrogens (tertiary/aromatic N) is 2. The Labute approximate surface area is 145 Å². The first-order valence-corrected chi connectivity index (χ1v) is 7.69. The first-order valence-electron chi connectivity index (χ1n) is 7.35. The minimum Gasteiger partial charge on any atom is -0.506 e. The summed E-state index contributed by atoms with van der Waals surface area (Å²) in [6.07, 6.45) is 1.33. The summed E-state index contributed by atoms with van der Waals surface area (Å²) in [5.41, 5.74) is 2.50. The van der Waals surface area contributed by atoms with Crippen molar-refractivity contribution in [2.75, 3.05) is 6.61 Å². The molecule has 0 spiro atoms. The molecule has 1 heterocycles. The highest BCUT2D eigenvalue weighted by molar-refractivity contribution is 6.10. The Morgan fingerprint density at radius 1 is 1.25 bits per heavy atom. The molecule has 0 fully saturated rings. The Hall–Kier alpha value is -2.60. The number of hydrogen-bond acceptors (Lipinski definition) is 5. The molecule has 1 aromatic carbocycles. The molecule has 0 saturated carbocycles. The highest BCUT2D eigenvalue weighted by Crippen LogP contribution is 2.10. The van der Waals surface area contributed by atoms with Gasteiger partial charge in [-0.25, -0.2) is 9.78 Å². The van der Waals surface area contributed by atoms with Crippen molar-refractivity contribution < 1.29 is 23.7 Å². The molecule has 6 nitrogen and oxygen atoms in total. The molecule has 24 heavy (non-hydrogen) atoms. The Morgan fingerprint density at radius 2 is 1.96 bits per heavy atom. The summed E-state index contributed by atoms with van der Waals surface area (Å²) >= 11 is 6.08. The third kappa shape index (κ3) is 4.70. The SMILES string of the molecule is CCOC(=O)c1ccc(CO[N+](Cl)=C(C)c2ccc(O)cn2)cc1. The van der Waals surface area contributed by atoms with Crippen LogP contribution in [0, 0.1) is 0 Å². The van der Waals surface area contributed by atoms with Gasteiger partial charge in [-0.3, -0.25) is 4.84 Å². The van der Waals surface area contributed by atoms with Crippen LogP contribution in [-0.2, 0) is 16.2 Å². The third-order valence-electron chi connectivity index (χ3n) is 3.19. The zero-order chi connectivity index (χ0) is 17.5. The van der Waals surface area contributed by atoms with Crippen molar-refractivity contribution in [2.45, 2.75) is 20.5 Å². The van der Waals surface area contributed by atoms with Gasteiger partial charge >= 0.3 is 17.7 Å². The molecule has 0 atom stereocenters. The van der Waals surface area contributed by atoms with Crippen LogP contribution in [0.1, 0.15) is 35.5 Å². The lowest BCUT2D eigenvalue weighted by atomic mass is 10.1. The maximum absolute atomic E-state index is 11.6. The number of carbonyl (C=O) groups excluding carboxylic acids is 1. The van der Waals surface area contributed by atoms with Gasteiger partial charge in [0.25, 0.3) is 5.71 Å². The molecule has 0 saturated heterocycles. The van der Waals surface area contributed by atoms with E-state index in [-0.39, 0.29) is 18.3 Å². The summed E-state index contributed by atoms with van der Waals surface area (Å²) in [7, 11) is 0. The van der Waals surface area contributed by atoms with Crippen LogP contribution in [0.3, 0.4) is 0 Å². The number of esters is 1. The average molecular weight is 350 g/mol. The van der Waals surface area contributed by atoms with Crippen molar-refractivity contribution in [3.8, 4) is 5.75 Å². The molecule has 2 aromatic rings. The van der Waals surface area contributed by atoms with E-state index in [1.165, 1.54) is 12.3 Å². The van der Waals surface area contributed by atoms with Gasteiger partial charge in [0.1, 0.15) is 11.4 Å². The predicted molar refractivity (Wildman–Crippen MR) is 89.0 cm³/mol. The van der Waals surface area contributed by atoms with Crippen LogP contribution >= 0.6 is 11.8 Å². The molecule has 0 amide bonds. The quantitative estimate of drug-likeness (QED) is 0.375. The van der Waals surface area contributed by atoms with Crippen molar-refractivity contribution in [1.29, 1.82) is 0 Å². The van der Waals surface area contributed by atoms with Gasteiger partial charge < -0.3 is 9.84 Å². The summed E-state index contributed by atoms with van der Waals surface area (Å²) < 4.78 is 6.02. The number of aromatic nitrogens is 1. The summed E-state index contributed by atoms with van der Waals surface area (Å²) in [5.74, 6) is -0.276. The average Bonchev–Trinajstić information content (AvgIpc) is 2.60. The molecule has 1 aromatic heterocycles. The van der Waals surface area contributed by atoms with Crippen LogP contribution in [0.25, 0.3) is 0 Å². The number of hydrogen-bond donors (Lipinski definition) is 1. The van der Waals surface area contributed by atoms with E-state index in [0.717, 1.165) is 9.82 Å². The van der Waals surface area contributed by atoms with Gasteiger partial charge in [-0.05, 0) is 36.8 Å². The number of carbonyl (C=O) groups is 1. The Morgan fingerprint density at radius 3 is 2.54 bits per heavy atom. The standard InChI is InChI=1S/C17H17ClN2O4/c1-3-23-17(22)14-6-4-13(5-7-14)11-24-20(18)12(2)16-9-8-15(21)10-19-16/h4-10H,3,11H2,1-2H3/p+1. The van der Waals surface area contributed by atoms with E-state index in [4.69, 9.17) is 21.4 Å². The van der Waals surface area contributed by atoms with Crippen LogP contribution in [0.2, 0.25) is 0 Å². The smallest absolute Gasteiger partial charge is 0.338 e. The molecular formula is C17H18ClN2O4+. The van der Waals surface area contributed by atoms with Gasteiger partial charge in [-0.15, -0.1) is 0 Å². The van der Waals surface area contributed by atoms with Gasteiger partial charge in [-0.1, -0.05) is 12.1 Å². The molecular weight excluding hydrogens is 332 g/mol. The lowest BCUT2D eigenvalue weighted by Gasteiger charge is -2.03. The van der Waals surface area contributed by atoms with Gasteiger partial charge in [0.2, 0.25) is 0 Å². The first kappa shape index (κ1) is 17.7. The van der Waals surface area contributed by atoms with Gasteiger partial charge in [-0.2, -0.15) is 0 Å². The molecule has 7 heteroatoms. The van der Waals surface area contributed by atoms with E-state index in [2.05, 4.69) is 4.98 Å². The molecule has 0 radical (unpaired) electrons. The van der Waals surface area contributed by atoms with E-state index in [0.29, 0.717) is 23.6 Å². The highest BCUT2D eigenvalue weighted by Gasteiger charge is 2.15. The van der Waals surface area contributed by atoms with Crippen molar-refractivity contribution in [3.05, 3.63) is 59.4 Å². The minimum absolute atomic E-state index is 0.0790. The molecule has 2 rings (SSSR count). The van der Waals surface area contributed by atoms with Gasteiger partial charge in [0.15, 0.2) is 6.61 Å². The van der Waals surface area contributed by atoms with Gasteiger partial charge in [0.05, 0.1) is 22.6 Å². The number of halogens is 1. The van der Waals surface area contributed by atoms with Crippen LogP contribution in [-0.4, -0.2) is 32.6 Å². The van der Waals surface area contributed by atoms with Crippen LogP contribution in [0.5, 0.6) is 5.75 Å². The van der Waals surface area contributed by atoms with Crippen molar-refractivity contribution in [3.63, 3.8) is 0 Å². The van der Waals surface area contributed by atoms with E-state index in [9.17, 15) is 9.90 Å². The predicted octanol–water partition coefficient (Wildman–Crippen LogP) is 3.07. The van der Waals surface area contributed by atoms with E-state index >= 15 is 0 Å². The summed E-state index contributed by atoms with van der Waals surface area (Å²) in [6.45, 7) is 4.07. The van der Waals surface area contributed by atoms with E-state index < -0.39 is 0 Å². The van der Waals surface area contributed by atoms with E-state index in [1.54, 1.807) is 44.2 Å². The second-order valence-corrected chi connectivity index (χ2v) is 5.23. The number of aromatic hydroxyl groups is 1. The normalized spacial score (nSPS) is 11.6. The largest absolute Gasteiger partial charge is 0.506 e. The van der Waals surface area contributed by atoms with Crippen LogP contribution < -0.4 is 0 Å². The number of rotatable bonds is 6. The summed E-state index contributed by atoms with van der Waals surface area (Å²) in [6, 6.07) is 10.0. The lowest BCUT2D eigenvalue weighted by molar-refractivity contribution is -0.688. The van der Waals surface area contributed by atoms with Crippen LogP contribution in [0.4, 0.5) is 0 Å².